The van der Waals surface area contributed by atoms with Gasteiger partial charge in [-0.1, -0.05) is 226 Å². The molecule has 14 heteroatoms. The van der Waals surface area contributed by atoms with E-state index in [9.17, 15) is 0 Å². The summed E-state index contributed by atoms with van der Waals surface area (Å²) in [6.07, 6.45) is 0. The van der Waals surface area contributed by atoms with Crippen LogP contribution in [-0.4, -0.2) is 15.0 Å². The average molecular weight is 1260 g/mol. The second kappa shape index (κ2) is 24.8. The van der Waals surface area contributed by atoms with Crippen molar-refractivity contribution in [2.45, 2.75) is 0 Å². The average Bonchev–Trinajstić information content (AvgIpc) is 4.10. The van der Waals surface area contributed by atoms with Crippen LogP contribution in [0, 0.1) is 0 Å². The van der Waals surface area contributed by atoms with Gasteiger partial charge in [0.25, 0.3) is 0 Å². The first-order chi connectivity index (χ1) is 41.7. The Morgan fingerprint density at radius 3 is 1.38 bits per heavy atom. The third-order valence-electron chi connectivity index (χ3n) is 15.5. The van der Waals surface area contributed by atoms with Crippen LogP contribution in [0.3, 0.4) is 0 Å². The lowest BCUT2D eigenvalue weighted by molar-refractivity contribution is 0.669. The van der Waals surface area contributed by atoms with Gasteiger partial charge >= 0.3 is 0 Å². The van der Waals surface area contributed by atoms with Gasteiger partial charge in [-0.15, -0.1) is 44.6 Å². The van der Waals surface area contributed by atoms with E-state index in [1.165, 1.54) is 22.1 Å². The molecule has 5 nitrogen and oxygen atoms in total. The summed E-state index contributed by atoms with van der Waals surface area (Å²) in [4.78, 5) is 15.8. The molecule has 0 bridgehead atoms. The van der Waals surface area contributed by atoms with Crippen molar-refractivity contribution in [3.8, 4) is 89.8 Å². The van der Waals surface area contributed by atoms with E-state index in [0.29, 0.717) is 24.5 Å². The number of hydrogen-bond donors (Lipinski definition) is 0. The molecule has 6 atom stereocenters. The topological polar surface area (TPSA) is 65.0 Å². The van der Waals surface area contributed by atoms with E-state index < -0.39 is 0 Å². The number of benzene rings is 12. The predicted octanol–water partition coefficient (Wildman–Crippen LogP) is 24.1. The minimum absolute atomic E-state index is 0.173. The number of furan rings is 2. The highest BCUT2D eigenvalue weighted by Gasteiger charge is 2.23. The third kappa shape index (κ3) is 11.3. The fourth-order valence-corrected chi connectivity index (χ4v) is 72.6. The van der Waals surface area contributed by atoms with Gasteiger partial charge in [0, 0.05) is 43.8 Å². The molecule has 0 spiro atoms. The maximum atomic E-state index is 7.01. The summed E-state index contributed by atoms with van der Waals surface area (Å²) >= 11 is 0. The quantitative estimate of drug-likeness (QED) is 0.0954. The third-order valence-corrected chi connectivity index (χ3v) is 59.7. The second-order valence-corrected chi connectivity index (χ2v) is 51.2. The summed E-state index contributed by atoms with van der Waals surface area (Å²) < 4.78 is 13.7. The van der Waals surface area contributed by atoms with Crippen molar-refractivity contribution >= 4 is 139 Å². The normalized spacial score (nSPS) is 11.9. The Hall–Kier alpha value is -6.36. The zero-order chi connectivity index (χ0) is 57.5. The Bertz CT molecular complexity index is 4940. The zero-order valence-electron chi connectivity index (χ0n) is 45.7. The number of fused-ring (bicyclic) bond motifs is 9. The van der Waals surface area contributed by atoms with Gasteiger partial charge in [-0.25, -0.2) is 15.0 Å². The monoisotopic (exact) mass is 1260 g/mol. The van der Waals surface area contributed by atoms with E-state index in [4.69, 9.17) is 23.8 Å². The molecule has 0 saturated carbocycles. The Morgan fingerprint density at radius 2 is 0.765 bits per heavy atom. The van der Waals surface area contributed by atoms with Gasteiger partial charge in [0.15, 0.2) is 17.5 Å². The molecule has 12 aromatic carbocycles. The molecule has 0 amide bonds. The SMILES string of the molecule is PPP(P(P)P)P(P)P.c1ccc(-c2ccc(-c3cc(-c4ccc(-c5ccccc5)cc4)c4oc5cccc(-c6ccc7oc8cccc(-c9nc(-c%10ccccc%10)nc(-c%10cc%11ccccc%11c%11ccccc%10%11)n9)c8c7c6)c5c4c3)cc2)cc1. The molecule has 85 heavy (non-hydrogen) atoms. The maximum Gasteiger partial charge on any atom is 0.164 e. The summed E-state index contributed by atoms with van der Waals surface area (Å²) in [5.41, 5.74) is 17.0. The van der Waals surface area contributed by atoms with Crippen LogP contribution in [0.15, 0.2) is 270 Å². The van der Waals surface area contributed by atoms with Gasteiger partial charge in [-0.05, 0) is 135 Å². The lowest BCUT2D eigenvalue weighted by atomic mass is 9.92. The number of nitrogens with zero attached hydrogens (tertiary/aromatic N) is 3. The van der Waals surface area contributed by atoms with Crippen molar-refractivity contribution in [3.05, 3.63) is 261 Å². The van der Waals surface area contributed by atoms with Crippen molar-refractivity contribution in [1.82, 2.24) is 15.0 Å². The van der Waals surface area contributed by atoms with Gasteiger partial charge < -0.3 is 8.83 Å². The van der Waals surface area contributed by atoms with Crippen LogP contribution in [0.25, 0.3) is 155 Å². The fourth-order valence-electron chi connectivity index (χ4n) is 11.5. The highest BCUT2D eigenvalue weighted by atomic mass is 33.2. The Balaban J connectivity index is 0.000000660. The fraction of sp³-hybridized carbons (Fsp3) is 0. The van der Waals surface area contributed by atoms with E-state index in [1.54, 1.807) is 0 Å². The molecule has 6 unspecified atom stereocenters. The molecule has 0 aliphatic rings. The van der Waals surface area contributed by atoms with Crippen LogP contribution in [0.1, 0.15) is 0 Å². The second-order valence-electron chi connectivity index (χ2n) is 20.6. The van der Waals surface area contributed by atoms with Crippen LogP contribution in [0.5, 0.6) is 0 Å². The minimum Gasteiger partial charge on any atom is -0.456 e. The van der Waals surface area contributed by atoms with Crippen molar-refractivity contribution in [2.24, 2.45) is 0 Å². The molecule has 0 aliphatic carbocycles. The molecular formula is C71H54N3O2P9. The first kappa shape index (κ1) is 56.4. The molecule has 0 N–H and O–H groups in total. The van der Waals surface area contributed by atoms with Gasteiger partial charge in [0.2, 0.25) is 0 Å². The Kier molecular flexibility index (Phi) is 16.5. The molecule has 410 valence electrons. The van der Waals surface area contributed by atoms with Crippen LogP contribution in [-0.2, 0) is 0 Å². The maximum absolute atomic E-state index is 7.01. The van der Waals surface area contributed by atoms with Crippen LogP contribution in [0.4, 0.5) is 0 Å². The van der Waals surface area contributed by atoms with Crippen LogP contribution in [0.2, 0.25) is 0 Å². The van der Waals surface area contributed by atoms with Crippen molar-refractivity contribution in [2.75, 3.05) is 0 Å². The predicted molar refractivity (Wildman–Crippen MR) is 391 cm³/mol. The van der Waals surface area contributed by atoms with Crippen molar-refractivity contribution in [3.63, 3.8) is 0 Å². The molecule has 0 aliphatic heterocycles. The molecule has 3 aromatic heterocycles. The van der Waals surface area contributed by atoms with Crippen molar-refractivity contribution in [1.29, 1.82) is 0 Å². The van der Waals surface area contributed by atoms with Gasteiger partial charge in [0.1, 0.15) is 22.3 Å². The number of aromatic nitrogens is 3. The summed E-state index contributed by atoms with van der Waals surface area (Å²) in [6.45, 7) is 0.642. The lowest BCUT2D eigenvalue weighted by Gasteiger charge is -2.22. The molecule has 0 fully saturated rings. The molecule has 15 aromatic rings. The first-order valence-corrected chi connectivity index (χ1v) is 43.2. The molecule has 3 heterocycles. The standard InChI is InChI=1S/C71H43N3O2.H11P9/c1-4-16-44(17-5-1)46-30-32-48(33-31-46)53-42-59(49-36-34-47(35-37-49)45-18-6-2-7-19-45)68-62(43-53)66-55(26-14-29-65(66)76-68)52-38-39-63-61(41-52)67-58(27-15-28-64(67)75-63)70-72-69(50-20-8-3-9-21-50)73-71(74-70)60-40-51-22-10-11-23-54(51)56-24-12-13-25-57(56)60;1-6-9(7(2)3)8(4)5/h1-43H;6H,1-5H2. The van der Waals surface area contributed by atoms with Crippen molar-refractivity contribution < 1.29 is 8.83 Å². The van der Waals surface area contributed by atoms with Gasteiger partial charge in [-0.2, -0.15) is 0 Å². The highest BCUT2D eigenvalue weighted by molar-refractivity contribution is 9.10. The summed E-state index contributed by atoms with van der Waals surface area (Å²) in [5, 5.41) is 8.53. The minimum atomic E-state index is 0.173. The zero-order valence-corrected chi connectivity index (χ0v) is 55.2. The number of hydrogen-bond acceptors (Lipinski definition) is 5. The summed E-state index contributed by atoms with van der Waals surface area (Å²) in [7, 11) is 15.6. The summed E-state index contributed by atoms with van der Waals surface area (Å²) in [5.74, 6) is 1.77. The Morgan fingerprint density at radius 1 is 0.294 bits per heavy atom. The highest BCUT2D eigenvalue weighted by Crippen LogP contribution is 3.04. The van der Waals surface area contributed by atoms with Crippen LogP contribution >= 0.6 is 73.6 Å². The Labute approximate surface area is 509 Å². The largest absolute Gasteiger partial charge is 0.456 e. The van der Waals surface area contributed by atoms with Crippen LogP contribution < -0.4 is 0 Å². The summed E-state index contributed by atoms with van der Waals surface area (Å²) in [6, 6.07) is 91.8. The molecule has 0 saturated heterocycles. The molecule has 15 rings (SSSR count). The smallest absolute Gasteiger partial charge is 0.164 e. The molecule has 0 radical (unpaired) electrons. The first-order valence-electron chi connectivity index (χ1n) is 27.6. The molecular weight excluding hydrogens is 1210 g/mol. The van der Waals surface area contributed by atoms with E-state index in [2.05, 4.69) is 275 Å². The van der Waals surface area contributed by atoms with E-state index in [1.807, 2.05) is 30.3 Å². The number of rotatable bonds is 11. The van der Waals surface area contributed by atoms with E-state index >= 15 is 0 Å². The van der Waals surface area contributed by atoms with Gasteiger partial charge in [-0.3, -0.25) is 0 Å². The van der Waals surface area contributed by atoms with E-state index in [-0.39, 0.29) is 14.0 Å². The van der Waals surface area contributed by atoms with E-state index in [0.717, 1.165) is 124 Å². The lowest BCUT2D eigenvalue weighted by Crippen LogP contribution is -2.01. The van der Waals surface area contributed by atoms with Gasteiger partial charge in [0.05, 0.1) is 0 Å².